The van der Waals surface area contributed by atoms with Gasteiger partial charge in [0.05, 0.1) is 6.61 Å². The number of nitrogen functional groups attached to an aromatic ring is 1. The Morgan fingerprint density at radius 1 is 1.30 bits per heavy atom. The van der Waals surface area contributed by atoms with E-state index in [1.54, 1.807) is 19.4 Å². The lowest BCUT2D eigenvalue weighted by Crippen LogP contribution is -2.09. The molecule has 1 aromatic carbocycles. The van der Waals surface area contributed by atoms with Crippen LogP contribution in [0.4, 0.5) is 23.1 Å². The third kappa shape index (κ3) is 3.83. The summed E-state index contributed by atoms with van der Waals surface area (Å²) in [5.41, 5.74) is 8.75. The van der Waals surface area contributed by atoms with Crippen LogP contribution in [0.15, 0.2) is 30.5 Å². The number of benzene rings is 1. The van der Waals surface area contributed by atoms with E-state index in [0.29, 0.717) is 18.4 Å². The Bertz CT molecular complexity index is 573. The third-order valence-electron chi connectivity index (χ3n) is 2.79. The number of nitrogens with one attached hydrogen (secondary N) is 2. The molecule has 0 saturated carbocycles. The molecule has 0 radical (unpaired) electrons. The Hall–Kier alpha value is -2.34. The number of anilines is 4. The highest BCUT2D eigenvalue weighted by atomic mass is 16.5. The van der Waals surface area contributed by atoms with Crippen molar-refractivity contribution < 1.29 is 4.74 Å². The molecule has 20 heavy (non-hydrogen) atoms. The van der Waals surface area contributed by atoms with E-state index >= 15 is 0 Å². The Morgan fingerprint density at radius 3 is 2.90 bits per heavy atom. The number of ether oxygens (including phenoxy) is 1. The van der Waals surface area contributed by atoms with Crippen molar-refractivity contribution in [2.24, 2.45) is 0 Å². The van der Waals surface area contributed by atoms with Crippen molar-refractivity contribution in [3.63, 3.8) is 0 Å². The number of aryl methyl sites for hydroxylation is 1. The van der Waals surface area contributed by atoms with Crippen molar-refractivity contribution in [2.75, 3.05) is 36.6 Å². The maximum Gasteiger partial charge on any atom is 0.229 e. The highest BCUT2D eigenvalue weighted by molar-refractivity contribution is 5.64. The molecule has 0 bridgehead atoms. The summed E-state index contributed by atoms with van der Waals surface area (Å²) in [6.07, 6.45) is 1.62. The summed E-state index contributed by atoms with van der Waals surface area (Å²) in [4.78, 5) is 8.23. The number of nitrogens with zero attached hydrogens (tertiary/aromatic N) is 2. The van der Waals surface area contributed by atoms with Crippen molar-refractivity contribution in [1.29, 1.82) is 0 Å². The molecule has 1 heterocycles. The van der Waals surface area contributed by atoms with Gasteiger partial charge in [0, 0.05) is 31.2 Å². The summed E-state index contributed by atoms with van der Waals surface area (Å²) >= 11 is 0. The molecule has 0 aliphatic heterocycles. The van der Waals surface area contributed by atoms with Gasteiger partial charge in [-0.15, -0.1) is 0 Å². The summed E-state index contributed by atoms with van der Waals surface area (Å²) in [5.74, 6) is 0.921. The van der Waals surface area contributed by atoms with Gasteiger partial charge in [-0.05, 0) is 30.7 Å². The van der Waals surface area contributed by atoms with Crippen molar-refractivity contribution in [3.05, 3.63) is 36.0 Å². The molecule has 0 amide bonds. The molecule has 4 N–H and O–H groups in total. The van der Waals surface area contributed by atoms with Crippen molar-refractivity contribution >= 4 is 23.1 Å². The molecular formula is C14H19N5O. The van der Waals surface area contributed by atoms with Gasteiger partial charge < -0.3 is 21.1 Å². The lowest BCUT2D eigenvalue weighted by molar-refractivity contribution is 0.211. The van der Waals surface area contributed by atoms with Gasteiger partial charge in [0.15, 0.2) is 0 Å². The number of aromatic nitrogens is 2. The fourth-order valence-electron chi connectivity index (χ4n) is 1.74. The molecule has 0 saturated heterocycles. The monoisotopic (exact) mass is 273 g/mol. The van der Waals surface area contributed by atoms with Crippen molar-refractivity contribution in [1.82, 2.24) is 9.97 Å². The zero-order chi connectivity index (χ0) is 14.4. The maximum absolute atomic E-state index is 5.63. The fourth-order valence-corrected chi connectivity index (χ4v) is 1.74. The first-order valence-corrected chi connectivity index (χ1v) is 6.38. The molecule has 0 atom stereocenters. The number of rotatable bonds is 6. The van der Waals surface area contributed by atoms with Crippen LogP contribution < -0.4 is 16.4 Å². The smallest absolute Gasteiger partial charge is 0.229 e. The molecule has 6 nitrogen and oxygen atoms in total. The number of nitrogens with two attached hydrogens (primary N) is 1. The highest BCUT2D eigenvalue weighted by Gasteiger charge is 2.02. The van der Waals surface area contributed by atoms with Gasteiger partial charge in [-0.2, -0.15) is 4.98 Å². The SMILES string of the molecule is COCCNc1cc(Nc2nccc(N)n2)ccc1C. The Labute approximate surface area is 118 Å². The third-order valence-corrected chi connectivity index (χ3v) is 2.79. The molecule has 6 heteroatoms. The first kappa shape index (κ1) is 14.1. The van der Waals surface area contributed by atoms with Crippen LogP contribution in [0.3, 0.4) is 0 Å². The largest absolute Gasteiger partial charge is 0.384 e. The quantitative estimate of drug-likeness (QED) is 0.699. The Morgan fingerprint density at radius 2 is 2.15 bits per heavy atom. The minimum atomic E-state index is 0.438. The number of hydrogen-bond donors (Lipinski definition) is 3. The van der Waals surface area contributed by atoms with Gasteiger partial charge >= 0.3 is 0 Å². The second-order valence-electron chi connectivity index (χ2n) is 4.38. The summed E-state index contributed by atoms with van der Waals surface area (Å²) < 4.78 is 5.03. The summed E-state index contributed by atoms with van der Waals surface area (Å²) in [6.45, 7) is 3.47. The predicted octanol–water partition coefficient (Wildman–Crippen LogP) is 2.17. The van der Waals surface area contributed by atoms with E-state index in [4.69, 9.17) is 10.5 Å². The average Bonchev–Trinajstić information content (AvgIpc) is 2.42. The van der Waals surface area contributed by atoms with Crippen LogP contribution in [0.2, 0.25) is 0 Å². The van der Waals surface area contributed by atoms with Crippen molar-refractivity contribution in [2.45, 2.75) is 6.92 Å². The van der Waals surface area contributed by atoms with Crippen LogP contribution in [0.5, 0.6) is 0 Å². The molecule has 0 aliphatic rings. The minimum Gasteiger partial charge on any atom is -0.384 e. The molecular weight excluding hydrogens is 254 g/mol. The zero-order valence-corrected chi connectivity index (χ0v) is 11.7. The first-order valence-electron chi connectivity index (χ1n) is 6.38. The van der Waals surface area contributed by atoms with Gasteiger partial charge in [-0.25, -0.2) is 4.98 Å². The molecule has 0 fully saturated rings. The molecule has 0 spiro atoms. The van der Waals surface area contributed by atoms with Crippen LogP contribution in [-0.2, 0) is 4.74 Å². The Kier molecular flexibility index (Phi) is 4.73. The van der Waals surface area contributed by atoms with Gasteiger partial charge in [-0.3, -0.25) is 0 Å². The molecule has 2 rings (SSSR count). The lowest BCUT2D eigenvalue weighted by atomic mass is 10.2. The standard InChI is InChI=1S/C14H19N5O/c1-10-3-4-11(9-12(10)16-7-8-20-2)18-14-17-6-5-13(15)19-14/h3-6,9,16H,7-8H2,1-2H3,(H3,15,17,18,19). The molecule has 1 aromatic heterocycles. The normalized spacial score (nSPS) is 10.3. The van der Waals surface area contributed by atoms with Crippen LogP contribution in [0.1, 0.15) is 5.56 Å². The van der Waals surface area contributed by atoms with E-state index in [9.17, 15) is 0 Å². The number of methoxy groups -OCH3 is 1. The topological polar surface area (TPSA) is 85.1 Å². The van der Waals surface area contributed by atoms with E-state index < -0.39 is 0 Å². The minimum absolute atomic E-state index is 0.438. The van der Waals surface area contributed by atoms with E-state index in [1.165, 1.54) is 5.56 Å². The summed E-state index contributed by atoms with van der Waals surface area (Å²) in [6, 6.07) is 7.67. The maximum atomic E-state index is 5.63. The second-order valence-corrected chi connectivity index (χ2v) is 4.38. The van der Waals surface area contributed by atoms with Crippen molar-refractivity contribution in [3.8, 4) is 0 Å². The van der Waals surface area contributed by atoms with Gasteiger partial charge in [0.25, 0.3) is 0 Å². The average molecular weight is 273 g/mol. The Balaban J connectivity index is 2.10. The molecule has 0 unspecified atom stereocenters. The van der Waals surface area contributed by atoms with E-state index in [0.717, 1.165) is 17.9 Å². The molecule has 2 aromatic rings. The first-order chi connectivity index (χ1) is 9.69. The zero-order valence-electron chi connectivity index (χ0n) is 11.7. The molecule has 0 aliphatic carbocycles. The highest BCUT2D eigenvalue weighted by Crippen LogP contribution is 2.22. The van der Waals surface area contributed by atoms with E-state index in [-0.39, 0.29) is 0 Å². The second kappa shape index (κ2) is 6.72. The van der Waals surface area contributed by atoms with Gasteiger partial charge in [0.1, 0.15) is 5.82 Å². The van der Waals surface area contributed by atoms with Gasteiger partial charge in [-0.1, -0.05) is 6.07 Å². The predicted molar refractivity (Wildman–Crippen MR) is 81.3 cm³/mol. The van der Waals surface area contributed by atoms with E-state index in [1.807, 2.05) is 18.2 Å². The van der Waals surface area contributed by atoms with Crippen LogP contribution in [0.25, 0.3) is 0 Å². The van der Waals surface area contributed by atoms with Crippen LogP contribution in [-0.4, -0.2) is 30.2 Å². The number of hydrogen-bond acceptors (Lipinski definition) is 6. The lowest BCUT2D eigenvalue weighted by Gasteiger charge is -2.12. The van der Waals surface area contributed by atoms with E-state index in [2.05, 4.69) is 27.5 Å². The summed E-state index contributed by atoms with van der Waals surface area (Å²) in [7, 11) is 1.68. The summed E-state index contributed by atoms with van der Waals surface area (Å²) in [5, 5.41) is 6.45. The van der Waals surface area contributed by atoms with Crippen LogP contribution in [0, 0.1) is 6.92 Å². The fraction of sp³-hybridized carbons (Fsp3) is 0.286. The van der Waals surface area contributed by atoms with Gasteiger partial charge in [0.2, 0.25) is 5.95 Å². The molecule has 106 valence electrons. The van der Waals surface area contributed by atoms with Crippen LogP contribution >= 0.6 is 0 Å².